The second kappa shape index (κ2) is 10.9. The van der Waals surface area contributed by atoms with Crippen LogP contribution in [0.15, 0.2) is 163 Å². The molecule has 5 aromatic carbocycles. The van der Waals surface area contributed by atoms with Gasteiger partial charge in [0.05, 0.1) is 27.4 Å². The van der Waals surface area contributed by atoms with Gasteiger partial charge >= 0.3 is 6.18 Å². The standard InChI is InChI=1S/C32H25F3S2/c1-24-10-8-16-30(22-24)36(26-12-4-2-5-13-26)28-18-20-29(21-19-28)37(27-14-6-3-7-15-27)31-17-9-11-25(23-31)32(33,34)35/h2-23H,1H3/q+2. The molecule has 5 aromatic rings. The molecule has 0 fully saturated rings. The molecule has 0 saturated heterocycles. The molecule has 0 bridgehead atoms. The van der Waals surface area contributed by atoms with Crippen LogP contribution in [0.25, 0.3) is 0 Å². The summed E-state index contributed by atoms with van der Waals surface area (Å²) in [6.07, 6.45) is -4.39. The largest absolute Gasteiger partial charge is 0.416 e. The lowest BCUT2D eigenvalue weighted by Crippen LogP contribution is -2.10. The van der Waals surface area contributed by atoms with Gasteiger partial charge in [-0.2, -0.15) is 13.2 Å². The van der Waals surface area contributed by atoms with E-state index in [0.717, 1.165) is 15.9 Å². The summed E-state index contributed by atoms with van der Waals surface area (Å²) in [6.45, 7) is 2.10. The van der Waals surface area contributed by atoms with E-state index in [1.807, 2.05) is 36.4 Å². The summed E-state index contributed by atoms with van der Waals surface area (Å²) in [4.78, 5) is 6.24. The monoisotopic (exact) mass is 530 g/mol. The van der Waals surface area contributed by atoms with Gasteiger partial charge in [0.1, 0.15) is 0 Å². The predicted octanol–water partition coefficient (Wildman–Crippen LogP) is 9.20. The van der Waals surface area contributed by atoms with Gasteiger partial charge < -0.3 is 0 Å². The van der Waals surface area contributed by atoms with E-state index in [4.69, 9.17) is 0 Å². The maximum Gasteiger partial charge on any atom is 0.416 e. The third kappa shape index (κ3) is 5.79. The third-order valence-electron chi connectivity index (χ3n) is 5.88. The Balaban J connectivity index is 1.59. The quantitative estimate of drug-likeness (QED) is 0.192. The summed E-state index contributed by atoms with van der Waals surface area (Å²) in [7, 11) is -0.967. The molecule has 2 unspecified atom stereocenters. The van der Waals surface area contributed by atoms with E-state index in [1.54, 1.807) is 6.07 Å². The van der Waals surface area contributed by atoms with Crippen LogP contribution in [0.1, 0.15) is 11.1 Å². The molecule has 0 saturated carbocycles. The fraction of sp³-hybridized carbons (Fsp3) is 0.0625. The van der Waals surface area contributed by atoms with Crippen molar-refractivity contribution in [3.05, 3.63) is 145 Å². The molecule has 0 aromatic heterocycles. The van der Waals surface area contributed by atoms with Gasteiger partial charge in [0.2, 0.25) is 0 Å². The maximum absolute atomic E-state index is 13.5. The predicted molar refractivity (Wildman–Crippen MR) is 146 cm³/mol. The number of aryl methyl sites for hydroxylation is 1. The normalized spacial score (nSPS) is 13.2. The lowest BCUT2D eigenvalue weighted by Gasteiger charge is -2.12. The minimum absolute atomic E-state index is 0.296. The Morgan fingerprint density at radius 2 is 0.838 bits per heavy atom. The van der Waals surface area contributed by atoms with Crippen LogP contribution < -0.4 is 0 Å². The van der Waals surface area contributed by atoms with Crippen molar-refractivity contribution in [2.45, 2.75) is 42.5 Å². The molecule has 0 N–H and O–H groups in total. The van der Waals surface area contributed by atoms with E-state index in [0.29, 0.717) is 4.90 Å². The van der Waals surface area contributed by atoms with Crippen molar-refractivity contribution in [2.24, 2.45) is 0 Å². The van der Waals surface area contributed by atoms with E-state index in [9.17, 15) is 13.2 Å². The van der Waals surface area contributed by atoms with Gasteiger partial charge in [-0.1, -0.05) is 54.6 Å². The topological polar surface area (TPSA) is 0 Å². The van der Waals surface area contributed by atoms with Gasteiger partial charge in [-0.15, -0.1) is 0 Å². The zero-order chi connectivity index (χ0) is 25.8. The molecular formula is C32H25F3S2+2. The van der Waals surface area contributed by atoms with Crippen LogP contribution >= 0.6 is 0 Å². The Bertz CT molecular complexity index is 1460. The molecule has 184 valence electrons. The molecule has 0 radical (unpaired) electrons. The van der Waals surface area contributed by atoms with E-state index >= 15 is 0 Å². The average Bonchev–Trinajstić information content (AvgIpc) is 2.91. The van der Waals surface area contributed by atoms with E-state index in [1.165, 1.54) is 32.4 Å². The number of hydrogen-bond acceptors (Lipinski definition) is 0. The van der Waals surface area contributed by atoms with Crippen molar-refractivity contribution in [2.75, 3.05) is 0 Å². The van der Waals surface area contributed by atoms with Gasteiger partial charge in [-0.25, -0.2) is 0 Å². The van der Waals surface area contributed by atoms with Crippen LogP contribution in [0.4, 0.5) is 13.2 Å². The molecule has 0 aliphatic rings. The second-order valence-electron chi connectivity index (χ2n) is 8.55. The molecule has 0 amide bonds. The van der Waals surface area contributed by atoms with Crippen LogP contribution in [0.2, 0.25) is 0 Å². The summed E-state index contributed by atoms with van der Waals surface area (Å²) >= 11 is 0. The van der Waals surface area contributed by atoms with Crippen molar-refractivity contribution >= 4 is 21.8 Å². The molecule has 5 heteroatoms. The zero-order valence-corrected chi connectivity index (χ0v) is 21.8. The molecule has 0 aliphatic carbocycles. The highest BCUT2D eigenvalue weighted by Gasteiger charge is 2.36. The highest BCUT2D eigenvalue weighted by molar-refractivity contribution is 7.97. The SMILES string of the molecule is Cc1cccc([S+](c2ccccc2)c2ccc([S+](c3ccccc3)c3cccc(C(F)(F)F)c3)cc2)c1. The van der Waals surface area contributed by atoms with Crippen LogP contribution in [0.5, 0.6) is 0 Å². The molecule has 37 heavy (non-hydrogen) atoms. The van der Waals surface area contributed by atoms with E-state index in [-0.39, 0.29) is 10.9 Å². The molecule has 0 nitrogen and oxygen atoms in total. The Hall–Kier alpha value is -3.41. The van der Waals surface area contributed by atoms with Crippen molar-refractivity contribution in [1.29, 1.82) is 0 Å². The lowest BCUT2D eigenvalue weighted by atomic mass is 10.2. The number of alkyl halides is 3. The summed E-state index contributed by atoms with van der Waals surface area (Å²) in [5.74, 6) is 0. The van der Waals surface area contributed by atoms with Crippen molar-refractivity contribution in [1.82, 2.24) is 0 Å². The van der Waals surface area contributed by atoms with Crippen molar-refractivity contribution in [3.8, 4) is 0 Å². The summed E-state index contributed by atoms with van der Waals surface area (Å²) in [5.41, 5.74) is 0.581. The highest BCUT2D eigenvalue weighted by Crippen LogP contribution is 2.37. The zero-order valence-electron chi connectivity index (χ0n) is 20.2. The third-order valence-corrected chi connectivity index (χ3v) is 10.3. The fourth-order valence-corrected chi connectivity index (χ4v) is 8.47. The van der Waals surface area contributed by atoms with E-state index < -0.39 is 22.6 Å². The fourth-order valence-electron chi connectivity index (χ4n) is 4.18. The summed E-state index contributed by atoms with van der Waals surface area (Å²) in [6, 6.07) is 42.9. The molecule has 0 heterocycles. The van der Waals surface area contributed by atoms with Gasteiger partial charge in [-0.05, 0) is 85.3 Å². The Labute approximate surface area is 221 Å². The first-order valence-corrected chi connectivity index (χ1v) is 14.3. The summed E-state index contributed by atoms with van der Waals surface area (Å²) in [5, 5.41) is 0. The number of benzene rings is 5. The average molecular weight is 531 g/mol. The number of halogens is 3. The molecule has 2 atom stereocenters. The van der Waals surface area contributed by atoms with Crippen LogP contribution in [0.3, 0.4) is 0 Å². The Morgan fingerprint density at radius 3 is 1.30 bits per heavy atom. The maximum atomic E-state index is 13.5. The Kier molecular flexibility index (Phi) is 7.45. The molecule has 0 spiro atoms. The minimum Gasteiger partial charge on any atom is -0.166 e. The first-order valence-electron chi connectivity index (χ1n) is 11.8. The molecular weight excluding hydrogens is 505 g/mol. The smallest absolute Gasteiger partial charge is 0.166 e. The minimum atomic E-state index is -4.39. The van der Waals surface area contributed by atoms with Crippen LogP contribution in [-0.2, 0) is 28.0 Å². The van der Waals surface area contributed by atoms with Crippen LogP contribution in [-0.4, -0.2) is 0 Å². The van der Waals surface area contributed by atoms with Crippen LogP contribution in [0, 0.1) is 6.92 Å². The number of hydrogen-bond donors (Lipinski definition) is 0. The van der Waals surface area contributed by atoms with Crippen molar-refractivity contribution in [3.63, 3.8) is 0 Å². The molecule has 0 aliphatic heterocycles. The van der Waals surface area contributed by atoms with E-state index in [2.05, 4.69) is 79.7 Å². The second-order valence-corrected chi connectivity index (χ2v) is 12.6. The first-order chi connectivity index (χ1) is 17.9. The van der Waals surface area contributed by atoms with Gasteiger partial charge in [0.15, 0.2) is 29.4 Å². The van der Waals surface area contributed by atoms with Crippen molar-refractivity contribution < 1.29 is 13.2 Å². The number of rotatable bonds is 6. The summed E-state index contributed by atoms with van der Waals surface area (Å²) < 4.78 is 40.6. The van der Waals surface area contributed by atoms with Gasteiger partial charge in [0, 0.05) is 6.07 Å². The van der Waals surface area contributed by atoms with Gasteiger partial charge in [-0.3, -0.25) is 0 Å². The highest BCUT2D eigenvalue weighted by atomic mass is 32.2. The Morgan fingerprint density at radius 1 is 0.432 bits per heavy atom. The first kappa shape index (κ1) is 25.2. The van der Waals surface area contributed by atoms with Gasteiger partial charge in [0.25, 0.3) is 0 Å². The lowest BCUT2D eigenvalue weighted by molar-refractivity contribution is -0.137. The molecule has 5 rings (SSSR count).